The molecule has 0 bridgehead atoms. The number of aromatic nitrogens is 2. The number of hydrogen-bond acceptors (Lipinski definition) is 8. The van der Waals surface area contributed by atoms with E-state index in [0.717, 1.165) is 17.0 Å². The summed E-state index contributed by atoms with van der Waals surface area (Å²) < 4.78 is 32.5. The van der Waals surface area contributed by atoms with Gasteiger partial charge in [-0.05, 0) is 67.5 Å². The molecule has 3 aromatic rings. The van der Waals surface area contributed by atoms with Crippen molar-refractivity contribution < 1.29 is 23.1 Å². The second-order valence-corrected chi connectivity index (χ2v) is 10.0. The van der Waals surface area contributed by atoms with Crippen LogP contribution in [0.15, 0.2) is 60.7 Å². The summed E-state index contributed by atoms with van der Waals surface area (Å²) >= 11 is 0. The zero-order valence-electron chi connectivity index (χ0n) is 23.0. The lowest BCUT2D eigenvalue weighted by Crippen LogP contribution is -2.39. The maximum atomic E-state index is 13.9. The molecule has 2 amide bonds. The van der Waals surface area contributed by atoms with E-state index in [2.05, 4.69) is 27.5 Å². The molecular weight excluding hydrogens is 532 g/mol. The van der Waals surface area contributed by atoms with E-state index in [1.165, 1.54) is 45.0 Å². The van der Waals surface area contributed by atoms with Gasteiger partial charge in [-0.1, -0.05) is 25.5 Å². The van der Waals surface area contributed by atoms with Gasteiger partial charge >= 0.3 is 6.09 Å². The van der Waals surface area contributed by atoms with E-state index in [-0.39, 0.29) is 28.7 Å². The van der Waals surface area contributed by atoms with Crippen molar-refractivity contribution >= 4 is 23.4 Å². The van der Waals surface area contributed by atoms with Gasteiger partial charge in [0.05, 0.1) is 29.3 Å². The summed E-state index contributed by atoms with van der Waals surface area (Å²) in [6.45, 7) is 3.57. The summed E-state index contributed by atoms with van der Waals surface area (Å²) in [5, 5.41) is 6.23. The summed E-state index contributed by atoms with van der Waals surface area (Å²) in [7, 11) is 1.43. The predicted octanol–water partition coefficient (Wildman–Crippen LogP) is 4.79. The van der Waals surface area contributed by atoms with Crippen molar-refractivity contribution in [2.24, 2.45) is 17.5 Å². The quantitative estimate of drug-likeness (QED) is 0.164. The first-order valence-corrected chi connectivity index (χ1v) is 13.2. The van der Waals surface area contributed by atoms with Crippen LogP contribution in [-0.4, -0.2) is 34.0 Å². The van der Waals surface area contributed by atoms with Crippen LogP contribution < -0.4 is 22.2 Å². The van der Waals surface area contributed by atoms with Crippen molar-refractivity contribution in [3.05, 3.63) is 94.8 Å². The highest BCUT2D eigenvalue weighted by molar-refractivity contribution is 6.04. The molecule has 0 spiro atoms. The third kappa shape index (κ3) is 7.14. The zero-order valence-corrected chi connectivity index (χ0v) is 23.0. The average Bonchev–Trinajstić information content (AvgIpc) is 2.92. The highest BCUT2D eigenvalue weighted by Crippen LogP contribution is 2.43. The average molecular weight is 566 g/mol. The number of alkyl carbamates (subject to hydrolysis) is 1. The van der Waals surface area contributed by atoms with E-state index in [1.54, 1.807) is 12.1 Å². The Hall–Kier alpha value is -4.58. The molecule has 2 aromatic heterocycles. The van der Waals surface area contributed by atoms with E-state index in [1.807, 2.05) is 24.3 Å². The summed E-state index contributed by atoms with van der Waals surface area (Å²) in [5.41, 5.74) is 8.44. The molecule has 0 radical (unpaired) electrons. The minimum absolute atomic E-state index is 0.00650. The molecule has 41 heavy (non-hydrogen) atoms. The number of ether oxygens (including phenoxy) is 1. The number of carbonyl (C=O) groups excluding carboxylic acids is 2. The third-order valence-corrected chi connectivity index (χ3v) is 7.14. The number of amides is 2. The lowest BCUT2D eigenvalue weighted by molar-refractivity contribution is 0.102. The number of hydrazine groups is 1. The van der Waals surface area contributed by atoms with Gasteiger partial charge in [-0.15, -0.1) is 0 Å². The number of benzene rings is 1. The molecule has 1 unspecified atom stereocenters. The largest absolute Gasteiger partial charge is 0.441 e. The number of nitrogens with one attached hydrogen (secondary N) is 2. The van der Waals surface area contributed by atoms with E-state index < -0.39 is 24.0 Å². The van der Waals surface area contributed by atoms with Crippen LogP contribution in [0.1, 0.15) is 72.3 Å². The fourth-order valence-corrected chi connectivity index (χ4v) is 4.62. The highest BCUT2D eigenvalue weighted by atomic mass is 19.1. The summed E-state index contributed by atoms with van der Waals surface area (Å²) in [5.74, 6) is 5.14. The normalized spacial score (nSPS) is 17.5. The molecule has 1 fully saturated rings. The number of carbonyl (C=O) groups is 2. The van der Waals surface area contributed by atoms with Crippen LogP contribution in [0.5, 0.6) is 0 Å². The van der Waals surface area contributed by atoms with E-state index in [4.69, 9.17) is 16.3 Å². The molecule has 6 N–H and O–H groups in total. The predicted molar refractivity (Wildman–Crippen MR) is 150 cm³/mol. The Labute approximate surface area is 236 Å². The molecule has 1 aliphatic carbocycles. The van der Waals surface area contributed by atoms with Crippen LogP contribution in [0.3, 0.4) is 0 Å². The zero-order chi connectivity index (χ0) is 29.7. The van der Waals surface area contributed by atoms with E-state index in [9.17, 15) is 18.4 Å². The molecular formula is C29H33F2N7O3. The molecule has 1 aromatic carbocycles. The molecule has 1 aliphatic rings. The Morgan fingerprint density at radius 1 is 1.12 bits per heavy atom. The molecule has 2 heterocycles. The lowest BCUT2D eigenvalue weighted by atomic mass is 9.70. The highest BCUT2D eigenvalue weighted by Gasteiger charge is 2.28. The van der Waals surface area contributed by atoms with E-state index >= 15 is 0 Å². The van der Waals surface area contributed by atoms with Gasteiger partial charge in [-0.2, -0.15) is 4.39 Å². The minimum Gasteiger partial charge on any atom is -0.441 e. The van der Waals surface area contributed by atoms with Gasteiger partial charge in [-0.25, -0.2) is 20.0 Å². The Bertz CT molecular complexity index is 1420. The SMILES string of the molecule is CCC1CC(c2ccc(C(=O)Nc3ccc(/C(N)=C(\NC(=O)OC(C)c4cc(F)cnc4F)N(C)N)nc3)cc2)C1. The van der Waals surface area contributed by atoms with Gasteiger partial charge < -0.3 is 15.8 Å². The molecule has 1 saturated carbocycles. The second kappa shape index (κ2) is 12.7. The fraction of sp³-hybridized carbons (Fsp3) is 0.310. The number of nitrogens with zero attached hydrogens (tertiary/aromatic N) is 3. The Kier molecular flexibility index (Phi) is 9.13. The summed E-state index contributed by atoms with van der Waals surface area (Å²) in [6, 6.07) is 11.7. The van der Waals surface area contributed by atoms with Gasteiger partial charge in [0, 0.05) is 12.6 Å². The fourth-order valence-electron chi connectivity index (χ4n) is 4.62. The molecule has 1 atom stereocenters. The molecule has 4 rings (SSSR count). The number of hydrogen-bond donors (Lipinski definition) is 4. The number of pyridine rings is 2. The maximum Gasteiger partial charge on any atom is 0.413 e. The van der Waals surface area contributed by atoms with Crippen molar-refractivity contribution in [2.45, 2.75) is 45.1 Å². The first-order valence-electron chi connectivity index (χ1n) is 13.2. The van der Waals surface area contributed by atoms with Gasteiger partial charge in [0.2, 0.25) is 5.95 Å². The van der Waals surface area contributed by atoms with Crippen LogP contribution in [0, 0.1) is 17.7 Å². The first kappa shape index (κ1) is 29.4. The first-order chi connectivity index (χ1) is 19.5. The van der Waals surface area contributed by atoms with Gasteiger partial charge in [0.25, 0.3) is 5.91 Å². The van der Waals surface area contributed by atoms with Crippen LogP contribution in [0.4, 0.5) is 19.3 Å². The topological polar surface area (TPSA) is 148 Å². The van der Waals surface area contributed by atoms with Crippen molar-refractivity contribution in [2.75, 3.05) is 12.4 Å². The number of nitrogens with two attached hydrogens (primary N) is 2. The lowest BCUT2D eigenvalue weighted by Gasteiger charge is -2.35. The molecule has 10 nitrogen and oxygen atoms in total. The van der Waals surface area contributed by atoms with Crippen molar-refractivity contribution in [3.63, 3.8) is 0 Å². The number of halogens is 2. The molecule has 216 valence electrons. The standard InChI is InChI=1S/C29H33F2N7O3/c1-4-17-11-20(12-17)18-5-7-19(8-6-18)28(39)36-22-9-10-24(34-15-22)25(32)27(38(3)33)37-29(40)41-16(2)23-13-21(30)14-35-26(23)31/h5-10,13-17,20H,4,11-12,32-33H2,1-3H3,(H,36,39)(H,37,40)/b27-25-. The van der Waals surface area contributed by atoms with Gasteiger partial charge in [0.1, 0.15) is 17.6 Å². The molecule has 12 heteroatoms. The molecule has 0 saturated heterocycles. The second-order valence-electron chi connectivity index (χ2n) is 10.0. The van der Waals surface area contributed by atoms with Crippen molar-refractivity contribution in [1.29, 1.82) is 0 Å². The van der Waals surface area contributed by atoms with Crippen molar-refractivity contribution in [3.8, 4) is 0 Å². The number of rotatable bonds is 9. The number of anilines is 1. The monoisotopic (exact) mass is 565 g/mol. The van der Waals surface area contributed by atoms with Crippen LogP contribution in [0.25, 0.3) is 5.70 Å². The maximum absolute atomic E-state index is 13.9. The van der Waals surface area contributed by atoms with Crippen LogP contribution in [-0.2, 0) is 4.74 Å². The van der Waals surface area contributed by atoms with Gasteiger partial charge in [0.15, 0.2) is 5.82 Å². The summed E-state index contributed by atoms with van der Waals surface area (Å²) in [6.07, 6.45) is 3.55. The van der Waals surface area contributed by atoms with Crippen LogP contribution >= 0.6 is 0 Å². The molecule has 0 aliphatic heterocycles. The van der Waals surface area contributed by atoms with E-state index in [0.29, 0.717) is 23.4 Å². The minimum atomic E-state index is -1.16. The Morgan fingerprint density at radius 2 is 1.83 bits per heavy atom. The summed E-state index contributed by atoms with van der Waals surface area (Å²) in [4.78, 5) is 32.8. The smallest absolute Gasteiger partial charge is 0.413 e. The Balaban J connectivity index is 1.38. The van der Waals surface area contributed by atoms with Crippen LogP contribution in [0.2, 0.25) is 0 Å². The third-order valence-electron chi connectivity index (χ3n) is 7.14. The van der Waals surface area contributed by atoms with Crippen molar-refractivity contribution in [1.82, 2.24) is 20.3 Å². The van der Waals surface area contributed by atoms with Gasteiger partial charge in [-0.3, -0.25) is 20.1 Å². The Morgan fingerprint density at radius 3 is 2.44 bits per heavy atom.